The highest BCUT2D eigenvalue weighted by Gasteiger charge is 2.11. The molecule has 0 radical (unpaired) electrons. The van der Waals surface area contributed by atoms with Crippen LogP contribution >= 0.6 is 0 Å². The van der Waals surface area contributed by atoms with E-state index >= 15 is 0 Å². The first kappa shape index (κ1) is 17.0. The fraction of sp³-hybridized carbons (Fsp3) is 0.647. The summed E-state index contributed by atoms with van der Waals surface area (Å²) in [6, 6.07) is 8.83. The monoisotopic (exact) mass is 279 g/mol. The van der Waals surface area contributed by atoms with Gasteiger partial charge in [-0.15, -0.1) is 0 Å². The third-order valence-corrected chi connectivity index (χ3v) is 3.32. The summed E-state index contributed by atoms with van der Waals surface area (Å²) in [5, 5.41) is 13.0. The summed E-state index contributed by atoms with van der Waals surface area (Å²) in [6.45, 7) is 9.51. The zero-order valence-corrected chi connectivity index (χ0v) is 13.3. The number of hydrogen-bond acceptors (Lipinski definition) is 3. The molecule has 0 amide bonds. The van der Waals surface area contributed by atoms with Crippen LogP contribution in [0.5, 0.6) is 5.75 Å². The molecule has 3 heteroatoms. The molecule has 20 heavy (non-hydrogen) atoms. The number of benzene rings is 1. The zero-order valence-electron chi connectivity index (χ0n) is 13.3. The van der Waals surface area contributed by atoms with Crippen LogP contribution in [0, 0.1) is 0 Å². The van der Waals surface area contributed by atoms with Crippen LogP contribution in [-0.2, 0) is 6.42 Å². The van der Waals surface area contributed by atoms with E-state index in [1.54, 1.807) is 13.8 Å². The van der Waals surface area contributed by atoms with Crippen LogP contribution in [0.1, 0.15) is 46.1 Å². The molecule has 2 N–H and O–H groups in total. The van der Waals surface area contributed by atoms with E-state index in [-0.39, 0.29) is 0 Å². The molecular formula is C17H29NO2. The number of rotatable bonds is 9. The van der Waals surface area contributed by atoms with Crippen molar-refractivity contribution in [2.45, 2.75) is 58.6 Å². The second kappa shape index (κ2) is 8.28. The zero-order chi connectivity index (χ0) is 15.0. The summed E-state index contributed by atoms with van der Waals surface area (Å²) in [5.74, 6) is 0.873. The quantitative estimate of drug-likeness (QED) is 0.729. The molecule has 1 aromatic carbocycles. The SMILES string of the molecule is CCNC(C)CCc1ccc(OCCC(C)(C)O)cc1. The fourth-order valence-corrected chi connectivity index (χ4v) is 2.00. The van der Waals surface area contributed by atoms with Crippen molar-refractivity contribution in [3.05, 3.63) is 29.8 Å². The van der Waals surface area contributed by atoms with Crippen LogP contribution < -0.4 is 10.1 Å². The van der Waals surface area contributed by atoms with Gasteiger partial charge < -0.3 is 15.2 Å². The lowest BCUT2D eigenvalue weighted by molar-refractivity contribution is 0.0553. The highest BCUT2D eigenvalue weighted by atomic mass is 16.5. The Hall–Kier alpha value is -1.06. The van der Waals surface area contributed by atoms with Gasteiger partial charge in [-0.25, -0.2) is 0 Å². The molecule has 0 aromatic heterocycles. The molecule has 0 aliphatic carbocycles. The van der Waals surface area contributed by atoms with Crippen LogP contribution in [0.25, 0.3) is 0 Å². The highest BCUT2D eigenvalue weighted by Crippen LogP contribution is 2.15. The third kappa shape index (κ3) is 7.51. The maximum absolute atomic E-state index is 9.62. The molecule has 0 spiro atoms. The Kier molecular flexibility index (Phi) is 7.03. The summed E-state index contributed by atoms with van der Waals surface area (Å²) >= 11 is 0. The molecule has 1 atom stereocenters. The van der Waals surface area contributed by atoms with Gasteiger partial charge >= 0.3 is 0 Å². The summed E-state index contributed by atoms with van der Waals surface area (Å²) in [5.41, 5.74) is 0.673. The Balaban J connectivity index is 2.33. The van der Waals surface area contributed by atoms with Gasteiger partial charge in [0.25, 0.3) is 0 Å². The molecule has 0 bridgehead atoms. The van der Waals surface area contributed by atoms with Crippen molar-refractivity contribution < 1.29 is 9.84 Å². The van der Waals surface area contributed by atoms with Crippen molar-refractivity contribution in [2.24, 2.45) is 0 Å². The Morgan fingerprint density at radius 1 is 1.25 bits per heavy atom. The number of ether oxygens (including phenoxy) is 1. The van der Waals surface area contributed by atoms with E-state index in [0.29, 0.717) is 19.1 Å². The van der Waals surface area contributed by atoms with Gasteiger partial charge in [-0.05, 0) is 57.9 Å². The molecule has 0 aliphatic rings. The van der Waals surface area contributed by atoms with Crippen LogP contribution in [0.4, 0.5) is 0 Å². The van der Waals surface area contributed by atoms with Gasteiger partial charge in [0.1, 0.15) is 5.75 Å². The molecule has 0 heterocycles. The van der Waals surface area contributed by atoms with E-state index in [4.69, 9.17) is 4.74 Å². The smallest absolute Gasteiger partial charge is 0.119 e. The van der Waals surface area contributed by atoms with Gasteiger partial charge in [-0.3, -0.25) is 0 Å². The first-order valence-corrected chi connectivity index (χ1v) is 7.58. The minimum absolute atomic E-state index is 0.542. The minimum Gasteiger partial charge on any atom is -0.493 e. The topological polar surface area (TPSA) is 41.5 Å². The Morgan fingerprint density at radius 3 is 2.45 bits per heavy atom. The van der Waals surface area contributed by atoms with Crippen LogP contribution in [0.15, 0.2) is 24.3 Å². The molecule has 0 fully saturated rings. The molecule has 3 nitrogen and oxygen atoms in total. The number of hydrogen-bond donors (Lipinski definition) is 2. The molecule has 0 aliphatic heterocycles. The average Bonchev–Trinajstić information content (AvgIpc) is 2.37. The minimum atomic E-state index is -0.664. The molecule has 114 valence electrons. The standard InChI is InChI=1S/C17H29NO2/c1-5-18-14(2)6-7-15-8-10-16(11-9-15)20-13-12-17(3,4)19/h8-11,14,18-19H,5-7,12-13H2,1-4H3. The predicted molar refractivity (Wildman–Crippen MR) is 84.3 cm³/mol. The maximum atomic E-state index is 9.62. The number of nitrogens with one attached hydrogen (secondary N) is 1. The van der Waals surface area contributed by atoms with Crippen LogP contribution in [0.3, 0.4) is 0 Å². The second-order valence-electron chi connectivity index (χ2n) is 6.05. The maximum Gasteiger partial charge on any atom is 0.119 e. The molecule has 0 saturated carbocycles. The van der Waals surface area contributed by atoms with E-state index in [2.05, 4.69) is 31.3 Å². The molecule has 0 saturated heterocycles. The summed E-state index contributed by atoms with van der Waals surface area (Å²) in [4.78, 5) is 0. The van der Waals surface area contributed by atoms with Crippen molar-refractivity contribution in [1.82, 2.24) is 5.32 Å². The van der Waals surface area contributed by atoms with Gasteiger partial charge in [0, 0.05) is 12.5 Å². The lowest BCUT2D eigenvalue weighted by atomic mass is 10.1. The summed E-state index contributed by atoms with van der Waals surface area (Å²) in [6.07, 6.45) is 2.86. The van der Waals surface area contributed by atoms with Crippen molar-refractivity contribution in [2.75, 3.05) is 13.2 Å². The normalized spacial score (nSPS) is 13.2. The first-order valence-electron chi connectivity index (χ1n) is 7.58. The average molecular weight is 279 g/mol. The molecule has 1 rings (SSSR count). The number of aryl methyl sites for hydroxylation is 1. The Morgan fingerprint density at radius 2 is 1.90 bits per heavy atom. The summed E-state index contributed by atoms with van der Waals surface area (Å²) < 4.78 is 5.63. The number of aliphatic hydroxyl groups is 1. The van der Waals surface area contributed by atoms with E-state index in [1.165, 1.54) is 5.56 Å². The summed E-state index contributed by atoms with van der Waals surface area (Å²) in [7, 11) is 0. The van der Waals surface area contributed by atoms with E-state index in [0.717, 1.165) is 25.1 Å². The van der Waals surface area contributed by atoms with Gasteiger partial charge in [0.05, 0.1) is 12.2 Å². The van der Waals surface area contributed by atoms with Crippen molar-refractivity contribution in [3.8, 4) is 5.75 Å². The van der Waals surface area contributed by atoms with Crippen LogP contribution in [-0.4, -0.2) is 29.9 Å². The predicted octanol–water partition coefficient (Wildman–Crippen LogP) is 3.16. The Labute approximate surface area is 123 Å². The van der Waals surface area contributed by atoms with Gasteiger partial charge in [0.15, 0.2) is 0 Å². The van der Waals surface area contributed by atoms with Crippen molar-refractivity contribution in [3.63, 3.8) is 0 Å². The molecular weight excluding hydrogens is 250 g/mol. The molecule has 1 unspecified atom stereocenters. The van der Waals surface area contributed by atoms with Gasteiger partial charge in [-0.2, -0.15) is 0 Å². The van der Waals surface area contributed by atoms with E-state index in [1.807, 2.05) is 12.1 Å². The van der Waals surface area contributed by atoms with Crippen molar-refractivity contribution >= 4 is 0 Å². The highest BCUT2D eigenvalue weighted by molar-refractivity contribution is 5.27. The molecule has 1 aromatic rings. The lowest BCUT2D eigenvalue weighted by Crippen LogP contribution is -2.25. The second-order valence-corrected chi connectivity index (χ2v) is 6.05. The fourth-order valence-electron chi connectivity index (χ4n) is 2.00. The largest absolute Gasteiger partial charge is 0.493 e. The van der Waals surface area contributed by atoms with Crippen LogP contribution in [0.2, 0.25) is 0 Å². The lowest BCUT2D eigenvalue weighted by Gasteiger charge is -2.17. The van der Waals surface area contributed by atoms with E-state index < -0.39 is 5.60 Å². The van der Waals surface area contributed by atoms with Crippen molar-refractivity contribution in [1.29, 1.82) is 0 Å². The first-order chi connectivity index (χ1) is 9.40. The third-order valence-electron chi connectivity index (χ3n) is 3.32. The van der Waals surface area contributed by atoms with Gasteiger partial charge in [-0.1, -0.05) is 19.1 Å². The van der Waals surface area contributed by atoms with Gasteiger partial charge in [0.2, 0.25) is 0 Å². The van der Waals surface area contributed by atoms with E-state index in [9.17, 15) is 5.11 Å². The Bertz CT molecular complexity index is 368.